The normalized spacial score (nSPS) is 18.1. The highest BCUT2D eigenvalue weighted by atomic mass is 16.2. The van der Waals surface area contributed by atoms with Gasteiger partial charge in [0.05, 0.1) is 6.54 Å². The minimum Gasteiger partial charge on any atom is -0.344 e. The molecule has 0 aromatic carbocycles. The topological polar surface area (TPSA) is 32.3 Å². The van der Waals surface area contributed by atoms with Crippen molar-refractivity contribution in [2.45, 2.75) is 58.4 Å². The van der Waals surface area contributed by atoms with Gasteiger partial charge in [0.2, 0.25) is 5.91 Å². The molecule has 17 heavy (non-hydrogen) atoms. The van der Waals surface area contributed by atoms with Crippen LogP contribution in [-0.4, -0.2) is 36.5 Å². The minimum absolute atomic E-state index is 0.0152. The van der Waals surface area contributed by atoms with Crippen LogP contribution in [0.15, 0.2) is 0 Å². The van der Waals surface area contributed by atoms with Crippen molar-refractivity contribution in [1.82, 2.24) is 10.2 Å². The summed E-state index contributed by atoms with van der Waals surface area (Å²) < 4.78 is 0. The van der Waals surface area contributed by atoms with E-state index in [9.17, 15) is 4.79 Å². The quantitative estimate of drug-likeness (QED) is 0.818. The Morgan fingerprint density at radius 3 is 2.35 bits per heavy atom. The lowest BCUT2D eigenvalue weighted by atomic mass is 9.89. The van der Waals surface area contributed by atoms with E-state index in [0.717, 1.165) is 12.5 Å². The van der Waals surface area contributed by atoms with Crippen LogP contribution in [0.25, 0.3) is 0 Å². The third-order valence-electron chi connectivity index (χ3n) is 3.45. The van der Waals surface area contributed by atoms with Crippen molar-refractivity contribution >= 4 is 5.91 Å². The van der Waals surface area contributed by atoms with E-state index in [2.05, 4.69) is 26.1 Å². The van der Waals surface area contributed by atoms with Gasteiger partial charge in [0.1, 0.15) is 0 Å². The van der Waals surface area contributed by atoms with E-state index in [-0.39, 0.29) is 11.4 Å². The summed E-state index contributed by atoms with van der Waals surface area (Å²) in [7, 11) is 1.93. The van der Waals surface area contributed by atoms with Crippen molar-refractivity contribution in [3.8, 4) is 0 Å². The zero-order valence-corrected chi connectivity index (χ0v) is 11.9. The lowest BCUT2D eigenvalue weighted by Crippen LogP contribution is -2.44. The summed E-state index contributed by atoms with van der Waals surface area (Å²) >= 11 is 0. The van der Waals surface area contributed by atoms with Crippen LogP contribution in [0.5, 0.6) is 0 Å². The van der Waals surface area contributed by atoms with Gasteiger partial charge in [-0.3, -0.25) is 4.79 Å². The number of amides is 1. The Balaban J connectivity index is 2.26. The lowest BCUT2D eigenvalue weighted by molar-refractivity contribution is -0.130. The molecule has 0 heterocycles. The third kappa shape index (κ3) is 6.06. The van der Waals surface area contributed by atoms with Crippen LogP contribution in [0.2, 0.25) is 0 Å². The molecular formula is C14H28N2O. The van der Waals surface area contributed by atoms with E-state index >= 15 is 0 Å². The summed E-state index contributed by atoms with van der Waals surface area (Å²) in [6, 6.07) is 0. The SMILES string of the molecule is CN(CC1CCCCC1)C(=O)CNC(C)(C)C. The summed E-state index contributed by atoms with van der Waals surface area (Å²) in [5.74, 6) is 0.942. The Labute approximate surface area is 106 Å². The summed E-state index contributed by atoms with van der Waals surface area (Å²) in [6.45, 7) is 7.64. The fourth-order valence-electron chi connectivity index (χ4n) is 2.33. The van der Waals surface area contributed by atoms with Gasteiger partial charge in [0.25, 0.3) is 0 Å². The number of nitrogens with zero attached hydrogens (tertiary/aromatic N) is 1. The number of hydrogen-bond acceptors (Lipinski definition) is 2. The fourth-order valence-corrected chi connectivity index (χ4v) is 2.33. The number of carbonyl (C=O) groups is 1. The van der Waals surface area contributed by atoms with E-state index in [1.165, 1.54) is 32.1 Å². The first-order valence-corrected chi connectivity index (χ1v) is 6.87. The molecule has 0 radical (unpaired) electrons. The highest BCUT2D eigenvalue weighted by Crippen LogP contribution is 2.24. The molecule has 0 spiro atoms. The Morgan fingerprint density at radius 2 is 1.82 bits per heavy atom. The van der Waals surface area contributed by atoms with Gasteiger partial charge in [-0.1, -0.05) is 19.3 Å². The summed E-state index contributed by atoms with van der Waals surface area (Å²) in [5.41, 5.74) is 0.0152. The largest absolute Gasteiger partial charge is 0.344 e. The van der Waals surface area contributed by atoms with Crippen molar-refractivity contribution in [1.29, 1.82) is 0 Å². The molecule has 100 valence electrons. The minimum atomic E-state index is 0.0152. The van der Waals surface area contributed by atoms with Crippen molar-refractivity contribution in [2.24, 2.45) is 5.92 Å². The molecule has 0 aromatic rings. The maximum Gasteiger partial charge on any atom is 0.236 e. The second-order valence-electron chi connectivity index (χ2n) is 6.38. The fraction of sp³-hybridized carbons (Fsp3) is 0.929. The average molecular weight is 240 g/mol. The van der Waals surface area contributed by atoms with Gasteiger partial charge in [-0.2, -0.15) is 0 Å². The van der Waals surface area contributed by atoms with Gasteiger partial charge in [0, 0.05) is 19.1 Å². The van der Waals surface area contributed by atoms with E-state index in [1.807, 2.05) is 11.9 Å². The van der Waals surface area contributed by atoms with Crippen molar-refractivity contribution in [3.05, 3.63) is 0 Å². The third-order valence-corrected chi connectivity index (χ3v) is 3.45. The van der Waals surface area contributed by atoms with Crippen molar-refractivity contribution in [3.63, 3.8) is 0 Å². The predicted octanol–water partition coefficient (Wildman–Crippen LogP) is 2.41. The smallest absolute Gasteiger partial charge is 0.236 e. The Bertz CT molecular complexity index is 239. The van der Waals surface area contributed by atoms with E-state index in [0.29, 0.717) is 6.54 Å². The lowest BCUT2D eigenvalue weighted by Gasteiger charge is -2.28. The number of rotatable bonds is 4. The number of carbonyl (C=O) groups excluding carboxylic acids is 1. The monoisotopic (exact) mass is 240 g/mol. The molecule has 1 rings (SSSR count). The highest BCUT2D eigenvalue weighted by molar-refractivity contribution is 5.78. The van der Waals surface area contributed by atoms with E-state index in [4.69, 9.17) is 0 Å². The molecule has 1 fully saturated rings. The summed E-state index contributed by atoms with van der Waals surface area (Å²) in [5, 5.41) is 3.25. The first-order chi connectivity index (χ1) is 7.88. The number of likely N-dealkylation sites (N-methyl/N-ethyl adjacent to an activating group) is 1. The molecule has 3 heteroatoms. The van der Waals surface area contributed by atoms with Gasteiger partial charge in [0.15, 0.2) is 0 Å². The molecule has 0 aromatic heterocycles. The van der Waals surface area contributed by atoms with Crippen molar-refractivity contribution < 1.29 is 4.79 Å². The van der Waals surface area contributed by atoms with Gasteiger partial charge in [-0.15, -0.1) is 0 Å². The number of nitrogens with one attached hydrogen (secondary N) is 1. The molecule has 0 bridgehead atoms. The molecule has 1 amide bonds. The average Bonchev–Trinajstić information content (AvgIpc) is 2.26. The van der Waals surface area contributed by atoms with Crippen LogP contribution >= 0.6 is 0 Å². The van der Waals surface area contributed by atoms with Crippen LogP contribution in [0, 0.1) is 5.92 Å². The van der Waals surface area contributed by atoms with Crippen molar-refractivity contribution in [2.75, 3.05) is 20.1 Å². The Morgan fingerprint density at radius 1 is 1.24 bits per heavy atom. The van der Waals surface area contributed by atoms with Gasteiger partial charge in [-0.25, -0.2) is 0 Å². The van der Waals surface area contributed by atoms with Crippen LogP contribution in [0.3, 0.4) is 0 Å². The molecular weight excluding hydrogens is 212 g/mol. The maximum absolute atomic E-state index is 11.9. The second kappa shape index (κ2) is 6.39. The van der Waals surface area contributed by atoms with E-state index in [1.54, 1.807) is 0 Å². The van der Waals surface area contributed by atoms with Gasteiger partial charge < -0.3 is 10.2 Å². The zero-order valence-electron chi connectivity index (χ0n) is 11.9. The van der Waals surface area contributed by atoms with E-state index < -0.39 is 0 Å². The standard InChI is InChI=1S/C14H28N2O/c1-14(2,3)15-10-13(17)16(4)11-12-8-6-5-7-9-12/h12,15H,5-11H2,1-4H3. The Hall–Kier alpha value is -0.570. The van der Waals surface area contributed by atoms with Gasteiger partial charge >= 0.3 is 0 Å². The van der Waals surface area contributed by atoms with Crippen LogP contribution in [0.4, 0.5) is 0 Å². The molecule has 1 aliphatic carbocycles. The second-order valence-corrected chi connectivity index (χ2v) is 6.38. The van der Waals surface area contributed by atoms with Crippen LogP contribution in [0.1, 0.15) is 52.9 Å². The molecule has 0 aliphatic heterocycles. The molecule has 3 nitrogen and oxygen atoms in total. The summed E-state index contributed by atoms with van der Waals surface area (Å²) in [4.78, 5) is 13.8. The molecule has 1 aliphatic rings. The van der Waals surface area contributed by atoms with Gasteiger partial charge in [-0.05, 0) is 39.5 Å². The summed E-state index contributed by atoms with van der Waals surface area (Å²) in [6.07, 6.45) is 6.65. The number of hydrogen-bond donors (Lipinski definition) is 1. The first kappa shape index (κ1) is 14.5. The molecule has 1 saturated carbocycles. The molecule has 0 saturated heterocycles. The molecule has 0 atom stereocenters. The van der Waals surface area contributed by atoms with Crippen LogP contribution in [-0.2, 0) is 4.79 Å². The van der Waals surface area contributed by atoms with Crippen LogP contribution < -0.4 is 5.32 Å². The highest BCUT2D eigenvalue weighted by Gasteiger charge is 2.19. The maximum atomic E-state index is 11.9. The first-order valence-electron chi connectivity index (χ1n) is 6.87. The molecule has 0 unspecified atom stereocenters. The zero-order chi connectivity index (χ0) is 12.9. The predicted molar refractivity (Wildman–Crippen MR) is 72.0 cm³/mol. The Kier molecular flexibility index (Phi) is 5.44. The molecule has 1 N–H and O–H groups in total.